The van der Waals surface area contributed by atoms with Gasteiger partial charge in [-0.25, -0.2) is 9.59 Å². The fraction of sp³-hybridized carbons (Fsp3) is 0.0476. The number of carbonyl (C=O) groups is 2. The fourth-order valence-electron chi connectivity index (χ4n) is 4.52. The highest BCUT2D eigenvalue weighted by atomic mass is 16.6. The van der Waals surface area contributed by atoms with Gasteiger partial charge in [0, 0.05) is 28.6 Å². The number of phenols is 2. The molecule has 3 heterocycles. The maximum Gasteiger partial charge on any atom is 0.347 e. The van der Waals surface area contributed by atoms with E-state index in [2.05, 4.69) is 4.98 Å². The maximum atomic E-state index is 12.6. The van der Waals surface area contributed by atoms with E-state index in [0.29, 0.717) is 43.6 Å². The first-order chi connectivity index (χ1) is 13.5. The molecule has 3 aromatic carbocycles. The molecular formula is C21H12N2O5. The molecule has 7 heteroatoms. The highest BCUT2D eigenvalue weighted by molar-refractivity contribution is 6.37. The van der Waals surface area contributed by atoms with E-state index in [1.54, 1.807) is 48.0 Å². The SMILES string of the molecule is Cn1c2c(O)cccc2c2c3c(c4c5cccc(O)c5[nH]c4c21)C(=O)OC3=O. The number of hydrogen-bond acceptors (Lipinski definition) is 5. The minimum atomic E-state index is -0.715. The number of para-hydroxylation sites is 2. The molecule has 0 atom stereocenters. The molecular weight excluding hydrogens is 360 g/mol. The van der Waals surface area contributed by atoms with Crippen LogP contribution in [0, 0.1) is 0 Å². The van der Waals surface area contributed by atoms with Crippen LogP contribution in [-0.2, 0) is 11.8 Å². The van der Waals surface area contributed by atoms with Crippen molar-refractivity contribution in [1.82, 2.24) is 9.55 Å². The fourth-order valence-corrected chi connectivity index (χ4v) is 4.52. The Balaban J connectivity index is 2.06. The summed E-state index contributed by atoms with van der Waals surface area (Å²) in [7, 11) is 1.78. The number of cyclic esters (lactones) is 2. The highest BCUT2D eigenvalue weighted by Crippen LogP contribution is 2.46. The van der Waals surface area contributed by atoms with Gasteiger partial charge in [0.15, 0.2) is 0 Å². The summed E-state index contributed by atoms with van der Waals surface area (Å²) in [6.07, 6.45) is 0. The number of aromatic hydroxyl groups is 2. The molecule has 0 bridgehead atoms. The summed E-state index contributed by atoms with van der Waals surface area (Å²) in [6, 6.07) is 10.0. The Labute approximate surface area is 156 Å². The second-order valence-corrected chi connectivity index (χ2v) is 6.96. The number of hydrogen-bond donors (Lipinski definition) is 3. The Kier molecular flexibility index (Phi) is 2.50. The van der Waals surface area contributed by atoms with Crippen molar-refractivity contribution < 1.29 is 24.5 Å². The minimum absolute atomic E-state index is 0.0369. The van der Waals surface area contributed by atoms with Gasteiger partial charge in [-0.3, -0.25) is 0 Å². The summed E-state index contributed by atoms with van der Waals surface area (Å²) in [5.41, 5.74) is 2.62. The van der Waals surface area contributed by atoms with Gasteiger partial charge in [0.1, 0.15) is 11.5 Å². The Morgan fingerprint density at radius 2 is 1.46 bits per heavy atom. The number of nitrogens with zero attached hydrogens (tertiary/aromatic N) is 1. The lowest BCUT2D eigenvalue weighted by Crippen LogP contribution is -1.97. The molecule has 3 N–H and O–H groups in total. The van der Waals surface area contributed by atoms with Crippen LogP contribution in [0.5, 0.6) is 11.5 Å². The molecule has 0 amide bonds. The third-order valence-corrected chi connectivity index (χ3v) is 5.58. The van der Waals surface area contributed by atoms with Crippen molar-refractivity contribution in [2.24, 2.45) is 7.05 Å². The lowest BCUT2D eigenvalue weighted by atomic mass is 9.96. The first kappa shape index (κ1) is 15.1. The van der Waals surface area contributed by atoms with Gasteiger partial charge in [0.05, 0.1) is 33.2 Å². The van der Waals surface area contributed by atoms with E-state index in [9.17, 15) is 19.8 Å². The molecule has 1 aliphatic heterocycles. The number of aryl methyl sites for hydroxylation is 1. The number of ether oxygens (including phenoxy) is 1. The van der Waals surface area contributed by atoms with Gasteiger partial charge in [0.25, 0.3) is 0 Å². The molecule has 0 saturated carbocycles. The lowest BCUT2D eigenvalue weighted by molar-refractivity contribution is 0.0445. The van der Waals surface area contributed by atoms with E-state index in [1.807, 2.05) is 0 Å². The Bertz CT molecular complexity index is 1550. The van der Waals surface area contributed by atoms with Gasteiger partial charge in [-0.1, -0.05) is 24.3 Å². The number of fused-ring (bicyclic) bond motifs is 10. The molecule has 0 radical (unpaired) electrons. The molecule has 0 unspecified atom stereocenters. The standard InChI is InChI=1S/C21H12N2O5/c1-23-18-9(5-3-7-11(18)25)13-15-14(20(26)28-21(15)27)12-8-4-2-6-10(24)16(8)22-17(12)19(13)23/h2-7,22,24-25H,1H3. The minimum Gasteiger partial charge on any atom is -0.506 e. The van der Waals surface area contributed by atoms with Gasteiger partial charge < -0.3 is 24.5 Å². The average Bonchev–Trinajstić information content (AvgIpc) is 3.27. The summed E-state index contributed by atoms with van der Waals surface area (Å²) in [5, 5.41) is 23.0. The van der Waals surface area contributed by atoms with Crippen LogP contribution >= 0.6 is 0 Å². The van der Waals surface area contributed by atoms with Crippen LogP contribution in [0.25, 0.3) is 43.6 Å². The van der Waals surface area contributed by atoms with E-state index < -0.39 is 11.9 Å². The summed E-state index contributed by atoms with van der Waals surface area (Å²) < 4.78 is 6.74. The molecule has 0 aliphatic carbocycles. The number of H-pyrrole nitrogens is 1. The van der Waals surface area contributed by atoms with Gasteiger partial charge in [-0.05, 0) is 12.1 Å². The number of aromatic nitrogens is 2. The van der Waals surface area contributed by atoms with Crippen molar-refractivity contribution in [2.45, 2.75) is 0 Å². The number of carbonyl (C=O) groups excluding carboxylic acids is 2. The third-order valence-electron chi connectivity index (χ3n) is 5.58. The number of aromatic amines is 1. The molecule has 0 saturated heterocycles. The van der Waals surface area contributed by atoms with E-state index in [4.69, 9.17) is 4.74 Å². The number of phenolic OH excluding ortho intramolecular Hbond substituents is 2. The number of nitrogens with one attached hydrogen (secondary N) is 1. The van der Waals surface area contributed by atoms with Crippen molar-refractivity contribution in [2.75, 3.05) is 0 Å². The average molecular weight is 372 g/mol. The van der Waals surface area contributed by atoms with Gasteiger partial charge in [-0.15, -0.1) is 0 Å². The highest BCUT2D eigenvalue weighted by Gasteiger charge is 2.38. The van der Waals surface area contributed by atoms with Crippen LogP contribution in [0.2, 0.25) is 0 Å². The summed E-state index contributed by atoms with van der Waals surface area (Å²) in [5.74, 6) is -1.32. The van der Waals surface area contributed by atoms with E-state index in [1.165, 1.54) is 0 Å². The van der Waals surface area contributed by atoms with E-state index >= 15 is 0 Å². The van der Waals surface area contributed by atoms with Gasteiger partial charge in [0.2, 0.25) is 0 Å². The number of esters is 2. The second-order valence-electron chi connectivity index (χ2n) is 6.96. The van der Waals surface area contributed by atoms with Crippen LogP contribution in [0.15, 0.2) is 36.4 Å². The molecule has 0 fully saturated rings. The Morgan fingerprint density at radius 1 is 0.821 bits per heavy atom. The molecule has 28 heavy (non-hydrogen) atoms. The molecule has 136 valence electrons. The predicted molar refractivity (Wildman–Crippen MR) is 103 cm³/mol. The smallest absolute Gasteiger partial charge is 0.347 e. The molecule has 5 aromatic rings. The maximum absolute atomic E-state index is 12.6. The van der Waals surface area contributed by atoms with Crippen LogP contribution in [0.3, 0.4) is 0 Å². The first-order valence-electron chi connectivity index (χ1n) is 8.65. The molecule has 2 aromatic heterocycles. The van der Waals surface area contributed by atoms with Gasteiger partial charge in [-0.2, -0.15) is 0 Å². The summed E-state index contributed by atoms with van der Waals surface area (Å²) in [6.45, 7) is 0. The number of rotatable bonds is 0. The van der Waals surface area contributed by atoms with Crippen molar-refractivity contribution in [3.63, 3.8) is 0 Å². The van der Waals surface area contributed by atoms with Crippen LogP contribution in [0.1, 0.15) is 20.7 Å². The predicted octanol–water partition coefficient (Wildman–Crippen LogP) is 3.69. The summed E-state index contributed by atoms with van der Waals surface area (Å²) >= 11 is 0. The van der Waals surface area contributed by atoms with Gasteiger partial charge >= 0.3 is 11.9 Å². The molecule has 6 rings (SSSR count). The normalized spacial score (nSPS) is 13.9. The molecule has 1 aliphatic rings. The lowest BCUT2D eigenvalue weighted by Gasteiger charge is -2.04. The second kappa shape index (κ2) is 4.64. The zero-order chi connectivity index (χ0) is 19.3. The van der Waals surface area contributed by atoms with Crippen molar-refractivity contribution >= 4 is 55.6 Å². The summed E-state index contributed by atoms with van der Waals surface area (Å²) in [4.78, 5) is 28.4. The Hall–Kier alpha value is -4.00. The monoisotopic (exact) mass is 372 g/mol. The quantitative estimate of drug-likeness (QED) is 0.284. The van der Waals surface area contributed by atoms with E-state index in [0.717, 1.165) is 0 Å². The van der Waals surface area contributed by atoms with Crippen molar-refractivity contribution in [1.29, 1.82) is 0 Å². The van der Waals surface area contributed by atoms with Crippen LogP contribution in [-0.4, -0.2) is 31.7 Å². The van der Waals surface area contributed by atoms with Crippen molar-refractivity contribution in [3.05, 3.63) is 47.5 Å². The van der Waals surface area contributed by atoms with Crippen molar-refractivity contribution in [3.8, 4) is 11.5 Å². The van der Waals surface area contributed by atoms with Crippen LogP contribution < -0.4 is 0 Å². The topological polar surface area (TPSA) is 105 Å². The van der Waals surface area contributed by atoms with Crippen LogP contribution in [0.4, 0.5) is 0 Å². The molecule has 0 spiro atoms. The molecule has 7 nitrogen and oxygen atoms in total. The largest absolute Gasteiger partial charge is 0.506 e. The first-order valence-corrected chi connectivity index (χ1v) is 8.65. The van der Waals surface area contributed by atoms with E-state index in [-0.39, 0.29) is 22.6 Å². The number of benzene rings is 3. The zero-order valence-corrected chi connectivity index (χ0v) is 14.5. The Morgan fingerprint density at radius 3 is 2.21 bits per heavy atom. The third kappa shape index (κ3) is 1.52. The zero-order valence-electron chi connectivity index (χ0n) is 14.5.